The van der Waals surface area contributed by atoms with Gasteiger partial charge in [0.1, 0.15) is 5.82 Å². The van der Waals surface area contributed by atoms with Gasteiger partial charge in [0.2, 0.25) is 5.13 Å². The molecule has 6 heteroatoms. The van der Waals surface area contributed by atoms with Gasteiger partial charge in [-0.05, 0) is 29.1 Å². The van der Waals surface area contributed by atoms with Crippen LogP contribution in [0.5, 0.6) is 0 Å². The highest BCUT2D eigenvalue weighted by Crippen LogP contribution is 2.23. The van der Waals surface area contributed by atoms with Crippen LogP contribution in [0.1, 0.15) is 5.56 Å². The average molecular weight is 291 g/mol. The minimum Gasteiger partial charge on any atom is -0.356 e. The molecule has 3 nitrogen and oxygen atoms in total. The smallest absolute Gasteiger partial charge is 0.203 e. The van der Waals surface area contributed by atoms with Gasteiger partial charge in [0.05, 0.1) is 0 Å². The number of benzene rings is 1. The number of anilines is 1. The predicted octanol–water partition coefficient (Wildman–Crippen LogP) is 4.02. The molecule has 2 aromatic heterocycles. The quantitative estimate of drug-likeness (QED) is 0.789. The van der Waals surface area contributed by atoms with Gasteiger partial charge in [-0.2, -0.15) is 20.7 Å². The van der Waals surface area contributed by atoms with Crippen molar-refractivity contribution in [2.75, 3.05) is 5.32 Å². The molecule has 0 saturated carbocycles. The second-order valence-corrected chi connectivity index (χ2v) is 5.45. The van der Waals surface area contributed by atoms with Crippen LogP contribution in [0.4, 0.5) is 9.52 Å². The topological polar surface area (TPSA) is 37.8 Å². The number of aromatic nitrogens is 2. The molecular weight excluding hydrogens is 281 g/mol. The number of thiophene rings is 1. The third-order valence-electron chi connectivity index (χ3n) is 2.56. The summed E-state index contributed by atoms with van der Waals surface area (Å²) in [6.45, 7) is 0.610. The Kier molecular flexibility index (Phi) is 3.52. The van der Waals surface area contributed by atoms with Gasteiger partial charge in [-0.1, -0.05) is 12.1 Å². The van der Waals surface area contributed by atoms with E-state index in [4.69, 9.17) is 0 Å². The van der Waals surface area contributed by atoms with Crippen molar-refractivity contribution >= 4 is 28.0 Å². The second kappa shape index (κ2) is 5.46. The van der Waals surface area contributed by atoms with Crippen molar-refractivity contribution in [2.24, 2.45) is 0 Å². The molecule has 2 heterocycles. The van der Waals surface area contributed by atoms with Crippen LogP contribution in [0.25, 0.3) is 11.4 Å². The summed E-state index contributed by atoms with van der Waals surface area (Å²) in [4.78, 5) is 4.41. The van der Waals surface area contributed by atoms with Gasteiger partial charge in [0.15, 0.2) is 5.82 Å². The van der Waals surface area contributed by atoms with Crippen molar-refractivity contribution in [1.29, 1.82) is 0 Å². The summed E-state index contributed by atoms with van der Waals surface area (Å²) in [6.07, 6.45) is 0. The van der Waals surface area contributed by atoms with Crippen LogP contribution < -0.4 is 5.32 Å². The zero-order valence-corrected chi connectivity index (χ0v) is 11.5. The largest absolute Gasteiger partial charge is 0.356 e. The molecule has 0 aliphatic carbocycles. The summed E-state index contributed by atoms with van der Waals surface area (Å²) in [5.41, 5.74) is 2.05. The lowest BCUT2D eigenvalue weighted by atomic mass is 10.2. The van der Waals surface area contributed by atoms with Crippen LogP contribution in [0.3, 0.4) is 0 Å². The molecule has 0 unspecified atom stereocenters. The zero-order chi connectivity index (χ0) is 13.1. The molecule has 1 aromatic carbocycles. The lowest BCUT2D eigenvalue weighted by Crippen LogP contribution is -1.98. The van der Waals surface area contributed by atoms with E-state index in [1.807, 2.05) is 16.8 Å². The van der Waals surface area contributed by atoms with Gasteiger partial charge < -0.3 is 5.32 Å². The molecule has 0 aliphatic heterocycles. The Balaban J connectivity index is 1.66. The summed E-state index contributed by atoms with van der Waals surface area (Å²) in [5, 5.41) is 7.98. The van der Waals surface area contributed by atoms with E-state index in [-0.39, 0.29) is 5.82 Å². The highest BCUT2D eigenvalue weighted by molar-refractivity contribution is 7.10. The van der Waals surface area contributed by atoms with E-state index < -0.39 is 0 Å². The fourth-order valence-electron chi connectivity index (χ4n) is 1.58. The van der Waals surface area contributed by atoms with E-state index in [2.05, 4.69) is 14.7 Å². The van der Waals surface area contributed by atoms with Gasteiger partial charge >= 0.3 is 0 Å². The van der Waals surface area contributed by atoms with Crippen molar-refractivity contribution in [3.63, 3.8) is 0 Å². The third-order valence-corrected chi connectivity index (χ3v) is 3.92. The molecular formula is C13H10FN3S2. The van der Waals surface area contributed by atoms with E-state index in [0.29, 0.717) is 6.54 Å². The molecule has 0 spiro atoms. The number of hydrogen-bond donors (Lipinski definition) is 1. The first-order valence-electron chi connectivity index (χ1n) is 5.66. The molecule has 3 aromatic rings. The number of halogens is 1. The molecule has 19 heavy (non-hydrogen) atoms. The number of hydrogen-bond acceptors (Lipinski definition) is 5. The standard InChI is InChI=1S/C13H10FN3S2/c14-11-3-1-9(2-4-11)7-15-13-16-12(17-19-13)10-5-6-18-8-10/h1-6,8H,7H2,(H,15,16,17). The first-order chi connectivity index (χ1) is 9.31. The molecule has 0 amide bonds. The first kappa shape index (κ1) is 12.3. The van der Waals surface area contributed by atoms with E-state index >= 15 is 0 Å². The molecule has 3 rings (SSSR count). The van der Waals surface area contributed by atoms with E-state index in [9.17, 15) is 4.39 Å². The number of nitrogens with zero attached hydrogens (tertiary/aromatic N) is 2. The molecule has 0 aliphatic rings. The Morgan fingerprint density at radius 1 is 1.16 bits per heavy atom. The maximum atomic E-state index is 12.8. The Morgan fingerprint density at radius 3 is 2.74 bits per heavy atom. The molecule has 96 valence electrons. The van der Waals surface area contributed by atoms with Gasteiger partial charge in [0, 0.05) is 29.0 Å². The monoisotopic (exact) mass is 291 g/mol. The third kappa shape index (κ3) is 2.97. The molecule has 0 bridgehead atoms. The van der Waals surface area contributed by atoms with Gasteiger partial charge in [-0.25, -0.2) is 4.39 Å². The zero-order valence-electron chi connectivity index (χ0n) is 9.84. The molecule has 0 fully saturated rings. The fourth-order valence-corrected chi connectivity index (χ4v) is 2.80. The Hall–Kier alpha value is -1.79. The van der Waals surface area contributed by atoms with Crippen LogP contribution in [0.2, 0.25) is 0 Å². The second-order valence-electron chi connectivity index (χ2n) is 3.92. The average Bonchev–Trinajstić information content (AvgIpc) is 3.09. The van der Waals surface area contributed by atoms with Crippen molar-refractivity contribution in [1.82, 2.24) is 9.36 Å². The van der Waals surface area contributed by atoms with E-state index in [1.165, 1.54) is 23.7 Å². The Labute approximate surface area is 117 Å². The Morgan fingerprint density at radius 2 is 2.00 bits per heavy atom. The number of rotatable bonds is 4. The molecule has 1 N–H and O–H groups in total. The SMILES string of the molecule is Fc1ccc(CNc2nc(-c3ccsc3)ns2)cc1. The maximum Gasteiger partial charge on any atom is 0.203 e. The highest BCUT2D eigenvalue weighted by Gasteiger charge is 2.06. The van der Waals surface area contributed by atoms with Crippen molar-refractivity contribution < 1.29 is 4.39 Å². The van der Waals surface area contributed by atoms with Crippen molar-refractivity contribution in [3.8, 4) is 11.4 Å². The van der Waals surface area contributed by atoms with Crippen LogP contribution in [0.15, 0.2) is 41.1 Å². The first-order valence-corrected chi connectivity index (χ1v) is 7.37. The van der Waals surface area contributed by atoms with Gasteiger partial charge in [-0.3, -0.25) is 0 Å². The van der Waals surface area contributed by atoms with Crippen molar-refractivity contribution in [3.05, 3.63) is 52.5 Å². The fraction of sp³-hybridized carbons (Fsp3) is 0.0769. The summed E-state index contributed by atoms with van der Waals surface area (Å²) in [7, 11) is 0. The highest BCUT2D eigenvalue weighted by atomic mass is 32.1. The van der Waals surface area contributed by atoms with Crippen LogP contribution in [-0.4, -0.2) is 9.36 Å². The predicted molar refractivity (Wildman–Crippen MR) is 76.9 cm³/mol. The molecule has 0 radical (unpaired) electrons. The van der Waals surface area contributed by atoms with Crippen LogP contribution in [-0.2, 0) is 6.54 Å². The minimum absolute atomic E-state index is 0.223. The van der Waals surface area contributed by atoms with Gasteiger partial charge in [0.25, 0.3) is 0 Å². The van der Waals surface area contributed by atoms with Crippen molar-refractivity contribution in [2.45, 2.75) is 6.54 Å². The lowest BCUT2D eigenvalue weighted by Gasteiger charge is -2.01. The van der Waals surface area contributed by atoms with Crippen LogP contribution in [0, 0.1) is 5.82 Å². The van der Waals surface area contributed by atoms with Crippen LogP contribution >= 0.6 is 22.9 Å². The lowest BCUT2D eigenvalue weighted by molar-refractivity contribution is 0.627. The summed E-state index contributed by atoms with van der Waals surface area (Å²) >= 11 is 2.95. The number of nitrogens with one attached hydrogen (secondary N) is 1. The normalized spacial score (nSPS) is 10.6. The Bertz CT molecular complexity index is 647. The summed E-state index contributed by atoms with van der Waals surface area (Å²) in [6, 6.07) is 8.41. The maximum absolute atomic E-state index is 12.8. The van der Waals surface area contributed by atoms with Gasteiger partial charge in [-0.15, -0.1) is 0 Å². The van der Waals surface area contributed by atoms with E-state index in [0.717, 1.165) is 22.1 Å². The van der Waals surface area contributed by atoms with E-state index in [1.54, 1.807) is 23.5 Å². The molecule has 0 atom stereocenters. The molecule has 0 saturated heterocycles. The minimum atomic E-state index is -0.223. The summed E-state index contributed by atoms with van der Waals surface area (Å²) in [5.74, 6) is 0.521. The summed E-state index contributed by atoms with van der Waals surface area (Å²) < 4.78 is 17.1.